The highest BCUT2D eigenvalue weighted by Gasteiger charge is 2.23. The van der Waals surface area contributed by atoms with Crippen LogP contribution >= 0.6 is 11.3 Å². The highest BCUT2D eigenvalue weighted by atomic mass is 32.1. The van der Waals surface area contributed by atoms with Gasteiger partial charge in [0.2, 0.25) is 0 Å². The second-order valence-corrected chi connectivity index (χ2v) is 7.30. The number of hydrogen-bond donors (Lipinski definition) is 2. The molecule has 0 aromatic carbocycles. The van der Waals surface area contributed by atoms with Gasteiger partial charge < -0.3 is 20.3 Å². The molecule has 0 spiro atoms. The van der Waals surface area contributed by atoms with Crippen molar-refractivity contribution in [2.75, 3.05) is 32.8 Å². The first kappa shape index (κ1) is 19.5. The minimum absolute atomic E-state index is 0.208. The molecular formula is C17H29N5O2S. The standard InChI is InChI=1S/C17H29N5O2S/c1-4-18-16(19-9-6-15-20-12-13(3)25-15)21-14-7-10-22(11-8-14)17(23)24-5-2/h12,14H,4-11H2,1-3H3,(H2,18,19,21). The van der Waals surface area contributed by atoms with Gasteiger partial charge >= 0.3 is 6.09 Å². The normalized spacial score (nSPS) is 16.0. The molecule has 1 aromatic heterocycles. The lowest BCUT2D eigenvalue weighted by atomic mass is 10.1. The van der Waals surface area contributed by atoms with Gasteiger partial charge in [0.1, 0.15) is 0 Å². The zero-order valence-electron chi connectivity index (χ0n) is 15.4. The Labute approximate surface area is 153 Å². The van der Waals surface area contributed by atoms with Crippen molar-refractivity contribution in [3.8, 4) is 0 Å². The molecule has 0 aliphatic carbocycles. The predicted octanol–water partition coefficient (Wildman–Crippen LogP) is 2.17. The Morgan fingerprint density at radius 3 is 2.80 bits per heavy atom. The molecule has 2 N–H and O–H groups in total. The molecule has 1 aliphatic heterocycles. The Kier molecular flexibility index (Phi) is 7.97. The fraction of sp³-hybridized carbons (Fsp3) is 0.706. The number of nitrogens with zero attached hydrogens (tertiary/aromatic N) is 3. The summed E-state index contributed by atoms with van der Waals surface area (Å²) in [6.45, 7) is 9.35. The summed E-state index contributed by atoms with van der Waals surface area (Å²) in [6.07, 6.45) is 4.35. The molecule has 140 valence electrons. The van der Waals surface area contributed by atoms with E-state index in [-0.39, 0.29) is 6.09 Å². The maximum absolute atomic E-state index is 11.7. The Bertz CT molecular complexity index is 567. The Morgan fingerprint density at radius 2 is 2.20 bits per heavy atom. The van der Waals surface area contributed by atoms with Gasteiger partial charge in [-0.05, 0) is 33.6 Å². The van der Waals surface area contributed by atoms with E-state index >= 15 is 0 Å². The highest BCUT2D eigenvalue weighted by Crippen LogP contribution is 2.12. The maximum atomic E-state index is 11.7. The summed E-state index contributed by atoms with van der Waals surface area (Å²) in [5, 5.41) is 7.90. The number of carbonyl (C=O) groups excluding carboxylic acids is 1. The highest BCUT2D eigenvalue weighted by molar-refractivity contribution is 7.11. The topological polar surface area (TPSA) is 78.9 Å². The third-order valence-corrected chi connectivity index (χ3v) is 4.94. The summed E-state index contributed by atoms with van der Waals surface area (Å²) in [6, 6.07) is 0.325. The fourth-order valence-corrected chi connectivity index (χ4v) is 3.49. The Morgan fingerprint density at radius 1 is 1.44 bits per heavy atom. The van der Waals surface area contributed by atoms with Crippen LogP contribution in [0.3, 0.4) is 0 Å². The Hall–Kier alpha value is -1.83. The number of likely N-dealkylation sites (tertiary alicyclic amines) is 1. The second kappa shape index (κ2) is 10.2. The van der Waals surface area contributed by atoms with Crippen LogP contribution in [0.15, 0.2) is 11.2 Å². The lowest BCUT2D eigenvalue weighted by Crippen LogP contribution is -2.50. The first-order valence-corrected chi connectivity index (χ1v) is 9.81. The van der Waals surface area contributed by atoms with Crippen molar-refractivity contribution in [2.45, 2.75) is 46.1 Å². The summed E-state index contributed by atoms with van der Waals surface area (Å²) >= 11 is 1.72. The van der Waals surface area contributed by atoms with Crippen molar-refractivity contribution in [2.24, 2.45) is 4.99 Å². The Balaban J connectivity index is 1.78. The molecular weight excluding hydrogens is 338 g/mol. The van der Waals surface area contributed by atoms with E-state index in [9.17, 15) is 4.79 Å². The number of guanidine groups is 1. The predicted molar refractivity (Wildman–Crippen MR) is 101 cm³/mol. The molecule has 2 heterocycles. The fourth-order valence-electron chi connectivity index (χ4n) is 2.71. The van der Waals surface area contributed by atoms with Crippen LogP contribution in [0.5, 0.6) is 0 Å². The second-order valence-electron chi connectivity index (χ2n) is 5.98. The molecule has 2 rings (SSSR count). The van der Waals surface area contributed by atoms with Gasteiger partial charge in [-0.15, -0.1) is 11.3 Å². The maximum Gasteiger partial charge on any atom is 0.409 e. The van der Waals surface area contributed by atoms with Crippen molar-refractivity contribution in [3.63, 3.8) is 0 Å². The number of ether oxygens (including phenoxy) is 1. The van der Waals surface area contributed by atoms with Crippen LogP contribution in [0.4, 0.5) is 4.79 Å². The molecule has 25 heavy (non-hydrogen) atoms. The molecule has 8 heteroatoms. The van der Waals surface area contributed by atoms with Crippen molar-refractivity contribution in [1.82, 2.24) is 20.5 Å². The molecule has 7 nitrogen and oxygen atoms in total. The molecule has 1 fully saturated rings. The van der Waals surface area contributed by atoms with Gasteiger partial charge in [0, 0.05) is 49.7 Å². The van der Waals surface area contributed by atoms with Gasteiger partial charge in [-0.3, -0.25) is 4.99 Å². The van der Waals surface area contributed by atoms with Gasteiger partial charge in [-0.1, -0.05) is 0 Å². The average molecular weight is 368 g/mol. The van der Waals surface area contributed by atoms with Gasteiger partial charge in [0.25, 0.3) is 0 Å². The van der Waals surface area contributed by atoms with E-state index in [1.165, 1.54) is 4.88 Å². The number of aromatic nitrogens is 1. The molecule has 0 atom stereocenters. The van der Waals surface area contributed by atoms with Crippen LogP contribution in [-0.2, 0) is 11.2 Å². The van der Waals surface area contributed by atoms with Gasteiger partial charge in [-0.2, -0.15) is 0 Å². The quantitative estimate of drug-likeness (QED) is 0.595. The molecule has 1 saturated heterocycles. The molecule has 1 aliphatic rings. The van der Waals surface area contributed by atoms with E-state index in [0.717, 1.165) is 36.8 Å². The summed E-state index contributed by atoms with van der Waals surface area (Å²) in [5.41, 5.74) is 0. The van der Waals surface area contributed by atoms with Crippen molar-refractivity contribution < 1.29 is 9.53 Å². The number of aliphatic imine (C=N–C) groups is 1. The van der Waals surface area contributed by atoms with Gasteiger partial charge in [0.05, 0.1) is 11.6 Å². The van der Waals surface area contributed by atoms with Crippen LogP contribution in [0, 0.1) is 6.92 Å². The molecule has 0 unspecified atom stereocenters. The van der Waals surface area contributed by atoms with Crippen molar-refractivity contribution >= 4 is 23.4 Å². The van der Waals surface area contributed by atoms with Crippen LogP contribution in [0.25, 0.3) is 0 Å². The van der Waals surface area contributed by atoms with E-state index in [4.69, 9.17) is 4.74 Å². The number of piperidine rings is 1. The van der Waals surface area contributed by atoms with Gasteiger partial charge in [-0.25, -0.2) is 9.78 Å². The van der Waals surface area contributed by atoms with E-state index in [1.54, 1.807) is 16.2 Å². The lowest BCUT2D eigenvalue weighted by Gasteiger charge is -2.32. The SMILES string of the molecule is CCNC(=NCCc1ncc(C)s1)NC1CCN(C(=O)OCC)CC1. The monoisotopic (exact) mass is 367 g/mol. The number of hydrogen-bond acceptors (Lipinski definition) is 5. The molecule has 1 amide bonds. The summed E-state index contributed by atoms with van der Waals surface area (Å²) in [7, 11) is 0. The van der Waals surface area contributed by atoms with Crippen LogP contribution < -0.4 is 10.6 Å². The van der Waals surface area contributed by atoms with E-state index in [0.29, 0.717) is 32.3 Å². The number of carbonyl (C=O) groups is 1. The van der Waals surface area contributed by atoms with E-state index in [2.05, 4.69) is 34.5 Å². The zero-order valence-corrected chi connectivity index (χ0v) is 16.2. The number of rotatable bonds is 6. The van der Waals surface area contributed by atoms with Crippen molar-refractivity contribution in [1.29, 1.82) is 0 Å². The van der Waals surface area contributed by atoms with Gasteiger partial charge in [0.15, 0.2) is 5.96 Å². The smallest absolute Gasteiger partial charge is 0.409 e. The molecule has 0 radical (unpaired) electrons. The van der Waals surface area contributed by atoms with Crippen LogP contribution in [0.2, 0.25) is 0 Å². The number of thiazole rings is 1. The first-order valence-electron chi connectivity index (χ1n) is 9.00. The summed E-state index contributed by atoms with van der Waals surface area (Å²) in [5.74, 6) is 0.838. The first-order chi connectivity index (χ1) is 12.1. The van der Waals surface area contributed by atoms with E-state index < -0.39 is 0 Å². The molecule has 1 aromatic rings. The van der Waals surface area contributed by atoms with Crippen molar-refractivity contribution in [3.05, 3.63) is 16.1 Å². The minimum atomic E-state index is -0.208. The van der Waals surface area contributed by atoms with Crippen LogP contribution in [0.1, 0.15) is 36.6 Å². The lowest BCUT2D eigenvalue weighted by molar-refractivity contribution is 0.0963. The summed E-state index contributed by atoms with van der Waals surface area (Å²) in [4.78, 5) is 23.8. The minimum Gasteiger partial charge on any atom is -0.450 e. The summed E-state index contributed by atoms with van der Waals surface area (Å²) < 4.78 is 5.06. The largest absolute Gasteiger partial charge is 0.450 e. The van der Waals surface area contributed by atoms with E-state index in [1.807, 2.05) is 13.1 Å². The zero-order chi connectivity index (χ0) is 18.1. The number of nitrogens with one attached hydrogen (secondary N) is 2. The third kappa shape index (κ3) is 6.53. The number of amides is 1. The third-order valence-electron chi connectivity index (χ3n) is 3.97. The van der Waals surface area contributed by atoms with Crippen LogP contribution in [-0.4, -0.2) is 60.8 Å². The molecule has 0 saturated carbocycles. The number of aryl methyl sites for hydroxylation is 1. The average Bonchev–Trinajstić information content (AvgIpc) is 3.01. The molecule has 0 bridgehead atoms.